The maximum Gasteiger partial charge on any atom is 0.312 e. The van der Waals surface area contributed by atoms with Crippen LogP contribution in [0, 0.1) is 10.1 Å². The minimum atomic E-state index is -0.660. The predicted molar refractivity (Wildman–Crippen MR) is 113 cm³/mol. The van der Waals surface area contributed by atoms with E-state index in [2.05, 4.69) is 9.89 Å². The fourth-order valence-electron chi connectivity index (χ4n) is 3.58. The highest BCUT2D eigenvalue weighted by Gasteiger charge is 2.22. The van der Waals surface area contributed by atoms with Crippen LogP contribution in [0.15, 0.2) is 41.4 Å². The lowest BCUT2D eigenvalue weighted by atomic mass is 10.0. The molecule has 29 heavy (non-hydrogen) atoms. The van der Waals surface area contributed by atoms with E-state index in [1.54, 1.807) is 7.11 Å². The second kappa shape index (κ2) is 9.71. The van der Waals surface area contributed by atoms with Crippen molar-refractivity contribution >= 4 is 23.5 Å². The highest BCUT2D eigenvalue weighted by molar-refractivity contribution is 6.31. The molecular weight excluding hydrogens is 394 g/mol. The maximum absolute atomic E-state index is 11.1. The molecular formula is C21H24ClN3O4. The van der Waals surface area contributed by atoms with Gasteiger partial charge in [0.15, 0.2) is 0 Å². The minimum absolute atomic E-state index is 0.0776. The molecule has 1 heterocycles. The van der Waals surface area contributed by atoms with Gasteiger partial charge in [0, 0.05) is 22.9 Å². The molecule has 1 aliphatic rings. The van der Waals surface area contributed by atoms with E-state index in [1.807, 2.05) is 24.3 Å². The second-order valence-electron chi connectivity index (χ2n) is 7.00. The number of nitro benzene ring substituents is 1. The van der Waals surface area contributed by atoms with E-state index in [1.165, 1.54) is 18.7 Å². The Labute approximate surface area is 174 Å². The highest BCUT2D eigenvalue weighted by atomic mass is 35.5. The topological polar surface area (TPSA) is 88.2 Å². The van der Waals surface area contributed by atoms with Crippen molar-refractivity contribution in [1.82, 2.24) is 4.90 Å². The van der Waals surface area contributed by atoms with Crippen LogP contribution in [0.25, 0.3) is 0 Å². The molecule has 0 unspecified atom stereocenters. The molecule has 7 nitrogen and oxygen atoms in total. The van der Waals surface area contributed by atoms with Gasteiger partial charge in [0.1, 0.15) is 5.75 Å². The van der Waals surface area contributed by atoms with E-state index in [9.17, 15) is 15.2 Å². The summed E-state index contributed by atoms with van der Waals surface area (Å²) in [6.07, 6.45) is 4.99. The molecule has 1 atom stereocenters. The molecule has 0 aromatic heterocycles. The van der Waals surface area contributed by atoms with Crippen molar-refractivity contribution in [2.45, 2.75) is 25.3 Å². The normalized spacial score (nSPS) is 16.1. The third-order valence-electron chi connectivity index (χ3n) is 5.12. The Bertz CT molecular complexity index is 880. The van der Waals surface area contributed by atoms with Gasteiger partial charge < -0.3 is 9.84 Å². The summed E-state index contributed by atoms with van der Waals surface area (Å²) in [4.78, 5) is 17.3. The van der Waals surface area contributed by atoms with E-state index in [4.69, 9.17) is 16.3 Å². The first-order valence-corrected chi connectivity index (χ1v) is 9.92. The summed E-state index contributed by atoms with van der Waals surface area (Å²) < 4.78 is 5.25. The van der Waals surface area contributed by atoms with Gasteiger partial charge in [-0.15, -0.1) is 0 Å². The Morgan fingerprint density at radius 1 is 1.28 bits per heavy atom. The number of hydrogen-bond acceptors (Lipinski definition) is 6. The van der Waals surface area contributed by atoms with Crippen molar-refractivity contribution in [3.8, 4) is 11.5 Å². The fourth-order valence-corrected chi connectivity index (χ4v) is 3.80. The molecule has 2 aromatic rings. The molecule has 2 aromatic carbocycles. The number of rotatable bonds is 7. The maximum atomic E-state index is 11.1. The molecule has 3 rings (SSSR count). The molecule has 0 spiro atoms. The van der Waals surface area contributed by atoms with E-state index in [-0.39, 0.29) is 16.6 Å². The number of piperidine rings is 1. The third-order valence-corrected chi connectivity index (χ3v) is 5.34. The molecule has 0 radical (unpaired) electrons. The zero-order valence-corrected chi connectivity index (χ0v) is 17.0. The van der Waals surface area contributed by atoms with Crippen LogP contribution in [-0.4, -0.2) is 47.9 Å². The van der Waals surface area contributed by atoms with E-state index >= 15 is 0 Å². The molecule has 0 aliphatic carbocycles. The molecule has 1 N–H and O–H groups in total. The Hall–Kier alpha value is -2.64. The number of aliphatic imine (C=N–C) groups is 1. The number of benzene rings is 2. The van der Waals surface area contributed by atoms with Crippen molar-refractivity contribution in [2.24, 2.45) is 4.99 Å². The number of nitrogens with zero attached hydrogens (tertiary/aromatic N) is 3. The van der Waals surface area contributed by atoms with E-state index < -0.39 is 16.4 Å². The van der Waals surface area contributed by atoms with Gasteiger partial charge in [0.05, 0.1) is 24.6 Å². The van der Waals surface area contributed by atoms with Gasteiger partial charge >= 0.3 is 5.69 Å². The van der Waals surface area contributed by atoms with Crippen molar-refractivity contribution in [3.63, 3.8) is 0 Å². The number of ether oxygens (including phenoxy) is 1. The number of phenols is 1. The van der Waals surface area contributed by atoms with Crippen molar-refractivity contribution in [1.29, 1.82) is 0 Å². The standard InChI is InChI=1S/C21H24ClN3O4/c1-29-18-7-5-15(6-8-18)20(24-9-3-2-4-10-24)14-23-13-16-11-17(22)12-19(21(16)26)25(27)28/h5-8,11-13,20,26H,2-4,9-10,14H2,1H3/t20-/m0/s1. The van der Waals surface area contributed by atoms with E-state index in [0.29, 0.717) is 6.54 Å². The summed E-state index contributed by atoms with van der Waals surface area (Å²) in [7, 11) is 1.64. The second-order valence-corrected chi connectivity index (χ2v) is 7.44. The number of likely N-dealkylation sites (tertiary alicyclic amines) is 1. The number of nitro groups is 1. The SMILES string of the molecule is COc1ccc([C@H](CN=Cc2cc(Cl)cc([N+](=O)[O-])c2O)N2CCCCC2)cc1. The van der Waals surface area contributed by atoms with Gasteiger partial charge in [-0.3, -0.25) is 20.0 Å². The summed E-state index contributed by atoms with van der Waals surface area (Å²) in [5.41, 5.74) is 0.934. The third kappa shape index (κ3) is 5.25. The van der Waals surface area contributed by atoms with Crippen molar-refractivity contribution in [2.75, 3.05) is 26.7 Å². The highest BCUT2D eigenvalue weighted by Crippen LogP contribution is 2.32. The van der Waals surface area contributed by atoms with Crippen LogP contribution >= 0.6 is 11.6 Å². The molecule has 1 fully saturated rings. The average Bonchev–Trinajstić information content (AvgIpc) is 2.74. The van der Waals surface area contributed by atoms with Crippen LogP contribution in [0.4, 0.5) is 5.69 Å². The van der Waals surface area contributed by atoms with Gasteiger partial charge in [0.2, 0.25) is 5.75 Å². The van der Waals surface area contributed by atoms with Crippen LogP contribution in [0.1, 0.15) is 36.4 Å². The number of halogens is 1. The number of phenolic OH excluding ortho intramolecular Hbond substituents is 1. The van der Waals surface area contributed by atoms with Gasteiger partial charge in [-0.25, -0.2) is 0 Å². The van der Waals surface area contributed by atoms with Crippen LogP contribution < -0.4 is 4.74 Å². The zero-order chi connectivity index (χ0) is 20.8. The summed E-state index contributed by atoms with van der Waals surface area (Å²) >= 11 is 5.96. The minimum Gasteiger partial charge on any atom is -0.502 e. The molecule has 1 saturated heterocycles. The van der Waals surface area contributed by atoms with Crippen LogP contribution in [-0.2, 0) is 0 Å². The van der Waals surface area contributed by atoms with Gasteiger partial charge in [-0.05, 0) is 49.7 Å². The first-order valence-electron chi connectivity index (χ1n) is 9.54. The first-order chi connectivity index (χ1) is 14.0. The Morgan fingerprint density at radius 3 is 2.59 bits per heavy atom. The summed E-state index contributed by atoms with van der Waals surface area (Å²) in [5.74, 6) is 0.368. The predicted octanol–water partition coefficient (Wildman–Crippen LogP) is 4.61. The lowest BCUT2D eigenvalue weighted by Gasteiger charge is -2.34. The van der Waals surface area contributed by atoms with Crippen LogP contribution in [0.5, 0.6) is 11.5 Å². The molecule has 1 aliphatic heterocycles. The lowest BCUT2D eigenvalue weighted by molar-refractivity contribution is -0.385. The van der Waals surface area contributed by atoms with Gasteiger partial charge in [-0.2, -0.15) is 0 Å². The smallest absolute Gasteiger partial charge is 0.312 e. The van der Waals surface area contributed by atoms with Gasteiger partial charge in [-0.1, -0.05) is 30.2 Å². The number of aromatic hydroxyl groups is 1. The van der Waals surface area contributed by atoms with Crippen LogP contribution in [0.3, 0.4) is 0 Å². The Balaban J connectivity index is 1.83. The molecule has 8 heteroatoms. The Kier molecular flexibility index (Phi) is 7.06. The summed E-state index contributed by atoms with van der Waals surface area (Å²) in [6, 6.07) is 10.6. The molecule has 154 valence electrons. The zero-order valence-electron chi connectivity index (χ0n) is 16.3. The molecule has 0 amide bonds. The molecule has 0 saturated carbocycles. The first kappa shape index (κ1) is 21.1. The summed E-state index contributed by atoms with van der Waals surface area (Å²) in [6.45, 7) is 2.46. The lowest BCUT2D eigenvalue weighted by Crippen LogP contribution is -2.35. The van der Waals surface area contributed by atoms with Crippen molar-refractivity contribution < 1.29 is 14.8 Å². The van der Waals surface area contributed by atoms with E-state index in [0.717, 1.165) is 43.3 Å². The van der Waals surface area contributed by atoms with Crippen LogP contribution in [0.2, 0.25) is 5.02 Å². The number of methoxy groups -OCH3 is 1. The average molecular weight is 418 g/mol. The monoisotopic (exact) mass is 417 g/mol. The van der Waals surface area contributed by atoms with Gasteiger partial charge in [0.25, 0.3) is 0 Å². The quantitative estimate of drug-likeness (QED) is 0.403. The Morgan fingerprint density at radius 2 is 1.97 bits per heavy atom. The fraction of sp³-hybridized carbons (Fsp3) is 0.381. The molecule has 0 bridgehead atoms. The summed E-state index contributed by atoms with van der Waals surface area (Å²) in [5, 5.41) is 21.4. The van der Waals surface area contributed by atoms with Crippen molar-refractivity contribution in [3.05, 3.63) is 62.7 Å². The largest absolute Gasteiger partial charge is 0.502 e. The number of hydrogen-bond donors (Lipinski definition) is 1.